The molecule has 1 unspecified atom stereocenters. The molecule has 2 aromatic heterocycles. The first kappa shape index (κ1) is 15.6. The van der Waals surface area contributed by atoms with Gasteiger partial charge in [0.15, 0.2) is 0 Å². The molecule has 1 atom stereocenters. The van der Waals surface area contributed by atoms with Gasteiger partial charge in [0.25, 0.3) is 0 Å². The Morgan fingerprint density at radius 2 is 2.18 bits per heavy atom. The number of fused-ring (bicyclic) bond motifs is 1. The van der Waals surface area contributed by atoms with E-state index >= 15 is 0 Å². The topological polar surface area (TPSA) is 70.5 Å². The Labute approximate surface area is 137 Å². The Kier molecular flexibility index (Phi) is 5.20. The molecule has 0 spiro atoms. The summed E-state index contributed by atoms with van der Waals surface area (Å²) in [6, 6.07) is 3.81. The fraction of sp³-hybridized carbons (Fsp3) is 0.467. The van der Waals surface area contributed by atoms with Crippen LogP contribution in [-0.2, 0) is 4.74 Å². The average molecular weight is 367 g/mol. The molecule has 0 aliphatic carbocycles. The van der Waals surface area contributed by atoms with Gasteiger partial charge in [0.2, 0.25) is 0 Å². The van der Waals surface area contributed by atoms with Crippen LogP contribution in [0.5, 0.6) is 0 Å². The van der Waals surface area contributed by atoms with Gasteiger partial charge in [-0.15, -0.1) is 0 Å². The van der Waals surface area contributed by atoms with Gasteiger partial charge < -0.3 is 15.2 Å². The Hall–Kier alpha value is -1.28. The quantitative estimate of drug-likeness (QED) is 0.835. The fourth-order valence-corrected chi connectivity index (χ4v) is 2.84. The van der Waals surface area contributed by atoms with E-state index in [1.807, 2.05) is 12.1 Å². The minimum Gasteiger partial charge on any atom is -0.390 e. The summed E-state index contributed by atoms with van der Waals surface area (Å²) in [7, 11) is 0. The van der Waals surface area contributed by atoms with Gasteiger partial charge >= 0.3 is 0 Å². The van der Waals surface area contributed by atoms with Crippen LogP contribution < -0.4 is 5.32 Å². The predicted molar refractivity (Wildman–Crippen MR) is 89.0 cm³/mol. The molecule has 1 aliphatic rings. The molecule has 0 bridgehead atoms. The van der Waals surface area contributed by atoms with Crippen LogP contribution in [0.15, 0.2) is 29.0 Å². The summed E-state index contributed by atoms with van der Waals surface area (Å²) in [6.45, 7) is 4.38. The van der Waals surface area contributed by atoms with Crippen molar-refractivity contribution in [3.05, 3.63) is 29.0 Å². The van der Waals surface area contributed by atoms with Gasteiger partial charge in [-0.3, -0.25) is 14.9 Å². The zero-order chi connectivity index (χ0) is 15.4. The minimum absolute atomic E-state index is 0.434. The lowest BCUT2D eigenvalue weighted by Crippen LogP contribution is -2.42. The fourth-order valence-electron chi connectivity index (χ4n) is 2.52. The molecule has 7 heteroatoms. The highest BCUT2D eigenvalue weighted by atomic mass is 79.9. The highest BCUT2D eigenvalue weighted by Gasteiger charge is 2.15. The summed E-state index contributed by atoms with van der Waals surface area (Å²) < 4.78 is 6.21. The zero-order valence-electron chi connectivity index (χ0n) is 12.2. The van der Waals surface area contributed by atoms with Crippen molar-refractivity contribution in [3.63, 3.8) is 0 Å². The SMILES string of the molecule is OC(CNc1ccnc2cc(Br)cnc12)CN1CCOCC1. The maximum absolute atomic E-state index is 10.2. The number of aromatic nitrogens is 2. The van der Waals surface area contributed by atoms with E-state index in [1.54, 1.807) is 12.4 Å². The standard InChI is InChI=1S/C15H19BrN4O2/c16-11-7-14-15(19-8-11)13(1-2-17-14)18-9-12(21)10-20-3-5-22-6-4-20/h1-2,7-8,12,21H,3-6,9-10H2,(H,17,18). The molecule has 3 rings (SSSR count). The molecule has 1 fully saturated rings. The van der Waals surface area contributed by atoms with Crippen LogP contribution in [-0.4, -0.2) is 65.5 Å². The molecule has 1 aliphatic heterocycles. The number of nitrogens with one attached hydrogen (secondary N) is 1. The number of hydrogen-bond acceptors (Lipinski definition) is 6. The maximum atomic E-state index is 10.2. The first-order valence-corrected chi connectivity index (χ1v) is 8.14. The van der Waals surface area contributed by atoms with Gasteiger partial charge in [-0.2, -0.15) is 0 Å². The van der Waals surface area contributed by atoms with Crippen LogP contribution >= 0.6 is 15.9 Å². The number of halogens is 1. The molecule has 0 radical (unpaired) electrons. The van der Waals surface area contributed by atoms with Gasteiger partial charge in [-0.1, -0.05) is 0 Å². The Balaban J connectivity index is 1.61. The van der Waals surface area contributed by atoms with E-state index in [0.717, 1.165) is 47.5 Å². The summed E-state index contributed by atoms with van der Waals surface area (Å²) in [5, 5.41) is 13.5. The van der Waals surface area contributed by atoms with E-state index in [2.05, 4.69) is 36.1 Å². The van der Waals surface area contributed by atoms with Gasteiger partial charge in [-0.25, -0.2) is 0 Å². The molecule has 6 nitrogen and oxygen atoms in total. The number of rotatable bonds is 5. The van der Waals surface area contributed by atoms with Crippen molar-refractivity contribution < 1.29 is 9.84 Å². The molecule has 0 amide bonds. The van der Waals surface area contributed by atoms with Crippen molar-refractivity contribution >= 4 is 32.7 Å². The van der Waals surface area contributed by atoms with Crippen LogP contribution in [0, 0.1) is 0 Å². The first-order valence-electron chi connectivity index (χ1n) is 7.34. The predicted octanol–water partition coefficient (Wildman–Crippen LogP) is 1.50. The smallest absolute Gasteiger partial charge is 0.112 e. The molecule has 1 saturated heterocycles. The lowest BCUT2D eigenvalue weighted by atomic mass is 10.2. The van der Waals surface area contributed by atoms with Crippen LogP contribution in [0.4, 0.5) is 5.69 Å². The Morgan fingerprint density at radius 1 is 1.36 bits per heavy atom. The Bertz CT molecular complexity index is 634. The average Bonchev–Trinajstić information content (AvgIpc) is 2.53. The lowest BCUT2D eigenvalue weighted by molar-refractivity contribution is 0.0171. The van der Waals surface area contributed by atoms with Crippen molar-refractivity contribution in [3.8, 4) is 0 Å². The second kappa shape index (κ2) is 7.32. The molecule has 0 aromatic carbocycles. The van der Waals surface area contributed by atoms with Crippen molar-refractivity contribution in [2.75, 3.05) is 44.7 Å². The summed E-state index contributed by atoms with van der Waals surface area (Å²) in [6.07, 6.45) is 3.06. The third kappa shape index (κ3) is 3.92. The van der Waals surface area contributed by atoms with Crippen LogP contribution in [0.1, 0.15) is 0 Å². The third-order valence-corrected chi connectivity index (χ3v) is 4.08. The van der Waals surface area contributed by atoms with Gasteiger partial charge in [0.1, 0.15) is 5.52 Å². The summed E-state index contributed by atoms with van der Waals surface area (Å²) in [4.78, 5) is 10.9. The number of aliphatic hydroxyl groups excluding tert-OH is 1. The second-order valence-corrected chi connectivity index (χ2v) is 6.24. The van der Waals surface area contributed by atoms with E-state index in [0.29, 0.717) is 13.1 Å². The maximum Gasteiger partial charge on any atom is 0.112 e. The highest BCUT2D eigenvalue weighted by Crippen LogP contribution is 2.21. The monoisotopic (exact) mass is 366 g/mol. The van der Waals surface area contributed by atoms with E-state index in [-0.39, 0.29) is 0 Å². The highest BCUT2D eigenvalue weighted by molar-refractivity contribution is 9.10. The number of anilines is 1. The first-order chi connectivity index (χ1) is 10.7. The molecule has 22 heavy (non-hydrogen) atoms. The summed E-state index contributed by atoms with van der Waals surface area (Å²) in [5.41, 5.74) is 2.52. The van der Waals surface area contributed by atoms with Gasteiger partial charge in [-0.05, 0) is 28.1 Å². The van der Waals surface area contributed by atoms with Crippen molar-refractivity contribution in [1.29, 1.82) is 0 Å². The number of morpholine rings is 1. The van der Waals surface area contributed by atoms with Crippen LogP contribution in [0.25, 0.3) is 11.0 Å². The minimum atomic E-state index is -0.434. The normalized spacial score (nSPS) is 17.5. The number of ether oxygens (including phenoxy) is 1. The molecule has 0 saturated carbocycles. The van der Waals surface area contributed by atoms with E-state index in [1.165, 1.54) is 0 Å². The number of pyridine rings is 2. The number of β-amino-alcohol motifs (C(OH)–C–C–N with tert-alkyl or cyclic N) is 1. The molecular weight excluding hydrogens is 348 g/mol. The molecule has 3 heterocycles. The van der Waals surface area contributed by atoms with Crippen LogP contribution in [0.3, 0.4) is 0 Å². The van der Waals surface area contributed by atoms with Gasteiger partial charge in [0.05, 0.1) is 30.5 Å². The van der Waals surface area contributed by atoms with Crippen LogP contribution in [0.2, 0.25) is 0 Å². The van der Waals surface area contributed by atoms with E-state index in [9.17, 15) is 5.11 Å². The summed E-state index contributed by atoms with van der Waals surface area (Å²) >= 11 is 3.40. The van der Waals surface area contributed by atoms with Crippen molar-refractivity contribution in [2.45, 2.75) is 6.10 Å². The third-order valence-electron chi connectivity index (χ3n) is 3.64. The molecule has 2 N–H and O–H groups in total. The van der Waals surface area contributed by atoms with Crippen molar-refractivity contribution in [1.82, 2.24) is 14.9 Å². The van der Waals surface area contributed by atoms with Crippen molar-refractivity contribution in [2.24, 2.45) is 0 Å². The number of hydrogen-bond donors (Lipinski definition) is 2. The largest absolute Gasteiger partial charge is 0.390 e. The van der Waals surface area contributed by atoms with Gasteiger partial charge in [0, 0.05) is 43.0 Å². The lowest BCUT2D eigenvalue weighted by Gasteiger charge is -2.28. The van der Waals surface area contributed by atoms with E-state index < -0.39 is 6.10 Å². The molecule has 2 aromatic rings. The van der Waals surface area contributed by atoms with E-state index in [4.69, 9.17) is 4.74 Å². The number of nitrogens with zero attached hydrogens (tertiary/aromatic N) is 3. The molecular formula is C15H19BrN4O2. The zero-order valence-corrected chi connectivity index (χ0v) is 13.8. The Morgan fingerprint density at radius 3 is 3.00 bits per heavy atom. The second-order valence-electron chi connectivity index (χ2n) is 5.33. The molecule has 118 valence electrons. The number of aliphatic hydroxyl groups is 1. The summed E-state index contributed by atoms with van der Waals surface area (Å²) in [5.74, 6) is 0.